The van der Waals surface area contributed by atoms with E-state index in [0.29, 0.717) is 12.3 Å². The minimum atomic E-state index is -0.773. The molecular formula is C14H21BrN2O. The largest absolute Gasteiger partial charge is 0.368 e. The summed E-state index contributed by atoms with van der Waals surface area (Å²) in [5, 5.41) is 3.33. The van der Waals surface area contributed by atoms with Crippen LogP contribution in [-0.2, 0) is 10.3 Å². The van der Waals surface area contributed by atoms with Crippen molar-refractivity contribution in [3.63, 3.8) is 0 Å². The molecule has 3 N–H and O–H groups in total. The Morgan fingerprint density at radius 2 is 1.94 bits per heavy atom. The molecule has 100 valence electrons. The second-order valence-electron chi connectivity index (χ2n) is 4.90. The third-order valence-electron chi connectivity index (χ3n) is 3.10. The van der Waals surface area contributed by atoms with Gasteiger partial charge in [-0.05, 0) is 36.6 Å². The molecule has 3 nitrogen and oxygen atoms in total. The number of carbonyl (C=O) groups excluding carboxylic acids is 1. The van der Waals surface area contributed by atoms with Gasteiger partial charge in [0.2, 0.25) is 5.91 Å². The van der Waals surface area contributed by atoms with Gasteiger partial charge >= 0.3 is 0 Å². The van der Waals surface area contributed by atoms with Crippen molar-refractivity contribution in [2.45, 2.75) is 32.7 Å². The summed E-state index contributed by atoms with van der Waals surface area (Å²) >= 11 is 3.40. The van der Waals surface area contributed by atoms with Gasteiger partial charge in [-0.3, -0.25) is 10.1 Å². The summed E-state index contributed by atoms with van der Waals surface area (Å²) in [6.45, 7) is 6.94. The van der Waals surface area contributed by atoms with Crippen molar-refractivity contribution >= 4 is 21.8 Å². The summed E-state index contributed by atoms with van der Waals surface area (Å²) in [7, 11) is 0. The molecule has 1 rings (SSSR count). The number of rotatable bonds is 6. The number of nitrogens with two attached hydrogens (primary N) is 1. The molecule has 18 heavy (non-hydrogen) atoms. The van der Waals surface area contributed by atoms with Crippen LogP contribution in [0.5, 0.6) is 0 Å². The van der Waals surface area contributed by atoms with E-state index in [4.69, 9.17) is 5.73 Å². The first-order chi connectivity index (χ1) is 8.42. The molecule has 1 aromatic carbocycles. The summed E-state index contributed by atoms with van der Waals surface area (Å²) in [4.78, 5) is 11.9. The van der Waals surface area contributed by atoms with E-state index in [1.54, 1.807) is 0 Å². The molecule has 0 bridgehead atoms. The Kier molecular flexibility index (Phi) is 5.35. The van der Waals surface area contributed by atoms with Crippen LogP contribution in [0.1, 0.15) is 32.8 Å². The van der Waals surface area contributed by atoms with E-state index >= 15 is 0 Å². The van der Waals surface area contributed by atoms with Crippen molar-refractivity contribution in [2.75, 3.05) is 6.54 Å². The van der Waals surface area contributed by atoms with Crippen molar-refractivity contribution in [3.8, 4) is 0 Å². The van der Waals surface area contributed by atoms with Gasteiger partial charge in [0, 0.05) is 4.47 Å². The SMILES string of the molecule is CCC(NCC(C)C)(C(N)=O)c1ccc(Br)cc1. The van der Waals surface area contributed by atoms with Crippen molar-refractivity contribution in [2.24, 2.45) is 11.7 Å². The number of benzene rings is 1. The quantitative estimate of drug-likeness (QED) is 0.848. The molecule has 4 heteroatoms. The maximum absolute atomic E-state index is 11.9. The Hall–Kier alpha value is -0.870. The van der Waals surface area contributed by atoms with Gasteiger partial charge in [0.25, 0.3) is 0 Å². The van der Waals surface area contributed by atoms with Crippen LogP contribution in [0.3, 0.4) is 0 Å². The minimum Gasteiger partial charge on any atom is -0.368 e. The van der Waals surface area contributed by atoms with Crippen LogP contribution in [0.15, 0.2) is 28.7 Å². The fraction of sp³-hybridized carbons (Fsp3) is 0.500. The fourth-order valence-electron chi connectivity index (χ4n) is 1.95. The lowest BCUT2D eigenvalue weighted by atomic mass is 9.86. The molecule has 0 aliphatic rings. The Morgan fingerprint density at radius 1 is 1.39 bits per heavy atom. The van der Waals surface area contributed by atoms with E-state index in [0.717, 1.165) is 16.6 Å². The normalized spacial score (nSPS) is 14.5. The third kappa shape index (κ3) is 3.33. The highest BCUT2D eigenvalue weighted by Crippen LogP contribution is 2.26. The molecule has 0 saturated heterocycles. The van der Waals surface area contributed by atoms with E-state index in [1.807, 2.05) is 31.2 Å². The summed E-state index contributed by atoms with van der Waals surface area (Å²) < 4.78 is 0.990. The molecule has 0 aromatic heterocycles. The number of primary amides is 1. The van der Waals surface area contributed by atoms with Crippen LogP contribution in [0.25, 0.3) is 0 Å². The molecule has 0 heterocycles. The Labute approximate surface area is 117 Å². The van der Waals surface area contributed by atoms with Crippen LogP contribution in [-0.4, -0.2) is 12.5 Å². The van der Waals surface area contributed by atoms with Crippen molar-refractivity contribution in [3.05, 3.63) is 34.3 Å². The van der Waals surface area contributed by atoms with Gasteiger partial charge in [-0.25, -0.2) is 0 Å². The topological polar surface area (TPSA) is 55.1 Å². The highest BCUT2D eigenvalue weighted by molar-refractivity contribution is 9.10. The molecule has 0 spiro atoms. The van der Waals surface area contributed by atoms with E-state index in [-0.39, 0.29) is 5.91 Å². The van der Waals surface area contributed by atoms with Crippen LogP contribution in [0.2, 0.25) is 0 Å². The monoisotopic (exact) mass is 312 g/mol. The van der Waals surface area contributed by atoms with Crippen molar-refractivity contribution < 1.29 is 4.79 Å². The number of halogens is 1. The third-order valence-corrected chi connectivity index (χ3v) is 3.63. The van der Waals surface area contributed by atoms with E-state index in [2.05, 4.69) is 35.1 Å². The Morgan fingerprint density at radius 3 is 2.33 bits per heavy atom. The van der Waals surface area contributed by atoms with Crippen molar-refractivity contribution in [1.82, 2.24) is 5.32 Å². The Balaban J connectivity index is 3.10. The molecule has 0 aliphatic heterocycles. The maximum Gasteiger partial charge on any atom is 0.242 e. The average molecular weight is 313 g/mol. The van der Waals surface area contributed by atoms with Crippen molar-refractivity contribution in [1.29, 1.82) is 0 Å². The number of hydrogen-bond donors (Lipinski definition) is 2. The molecule has 0 radical (unpaired) electrons. The highest BCUT2D eigenvalue weighted by atomic mass is 79.9. The summed E-state index contributed by atoms with van der Waals surface area (Å²) in [6, 6.07) is 7.73. The van der Waals surface area contributed by atoms with Crippen LogP contribution in [0.4, 0.5) is 0 Å². The predicted molar refractivity (Wildman–Crippen MR) is 78.1 cm³/mol. The summed E-state index contributed by atoms with van der Waals surface area (Å²) in [5.41, 5.74) is 5.77. The molecule has 0 fully saturated rings. The molecule has 0 aliphatic carbocycles. The molecule has 1 atom stereocenters. The molecule has 1 unspecified atom stereocenters. The lowest BCUT2D eigenvalue weighted by Gasteiger charge is -2.32. The van der Waals surface area contributed by atoms with Gasteiger partial charge in [-0.2, -0.15) is 0 Å². The first-order valence-corrected chi connectivity index (χ1v) is 7.02. The maximum atomic E-state index is 11.9. The van der Waals surface area contributed by atoms with E-state index in [9.17, 15) is 4.79 Å². The van der Waals surface area contributed by atoms with Gasteiger partial charge in [-0.15, -0.1) is 0 Å². The van der Waals surface area contributed by atoms with Crippen LogP contribution >= 0.6 is 15.9 Å². The van der Waals surface area contributed by atoms with Gasteiger partial charge in [0.15, 0.2) is 0 Å². The number of amides is 1. The van der Waals surface area contributed by atoms with Crippen LogP contribution in [0, 0.1) is 5.92 Å². The van der Waals surface area contributed by atoms with Gasteiger partial charge in [0.1, 0.15) is 5.54 Å². The lowest BCUT2D eigenvalue weighted by Crippen LogP contribution is -2.53. The zero-order valence-corrected chi connectivity index (χ0v) is 12.8. The van der Waals surface area contributed by atoms with Gasteiger partial charge < -0.3 is 5.73 Å². The van der Waals surface area contributed by atoms with E-state index in [1.165, 1.54) is 0 Å². The molecule has 1 amide bonds. The first kappa shape index (κ1) is 15.2. The predicted octanol–water partition coefficient (Wildman–Crippen LogP) is 2.79. The van der Waals surface area contributed by atoms with Crippen LogP contribution < -0.4 is 11.1 Å². The lowest BCUT2D eigenvalue weighted by molar-refractivity contribution is -0.125. The smallest absolute Gasteiger partial charge is 0.242 e. The van der Waals surface area contributed by atoms with Gasteiger partial charge in [0.05, 0.1) is 0 Å². The first-order valence-electron chi connectivity index (χ1n) is 6.23. The molecular weight excluding hydrogens is 292 g/mol. The summed E-state index contributed by atoms with van der Waals surface area (Å²) in [6.07, 6.45) is 0.636. The average Bonchev–Trinajstić information content (AvgIpc) is 2.31. The van der Waals surface area contributed by atoms with Gasteiger partial charge in [-0.1, -0.05) is 48.8 Å². The fourth-order valence-corrected chi connectivity index (χ4v) is 2.21. The minimum absolute atomic E-state index is 0.326. The number of carbonyl (C=O) groups is 1. The van der Waals surface area contributed by atoms with E-state index < -0.39 is 5.54 Å². The highest BCUT2D eigenvalue weighted by Gasteiger charge is 2.36. The molecule has 0 saturated carbocycles. The number of nitrogens with one attached hydrogen (secondary N) is 1. The molecule has 1 aromatic rings. The standard InChI is InChI=1S/C14H21BrN2O/c1-4-14(13(16)18,17-9-10(2)3)11-5-7-12(15)8-6-11/h5-8,10,17H,4,9H2,1-3H3,(H2,16,18). The second-order valence-corrected chi connectivity index (χ2v) is 5.82. The number of hydrogen-bond acceptors (Lipinski definition) is 2. The Bertz CT molecular complexity index is 403. The zero-order valence-electron chi connectivity index (χ0n) is 11.2. The zero-order chi connectivity index (χ0) is 13.8. The summed E-state index contributed by atoms with van der Waals surface area (Å²) in [5.74, 6) is 0.138. The second kappa shape index (κ2) is 6.34.